The minimum atomic E-state index is 0.781. The van der Waals surface area contributed by atoms with E-state index in [1.165, 1.54) is 11.3 Å². The quantitative estimate of drug-likeness (QED) is 0.476. The summed E-state index contributed by atoms with van der Waals surface area (Å²) in [5.41, 5.74) is 1.99. The van der Waals surface area contributed by atoms with E-state index in [4.69, 9.17) is 0 Å². The normalized spacial score (nSPS) is 13.2. The van der Waals surface area contributed by atoms with Gasteiger partial charge >= 0.3 is 0 Å². The van der Waals surface area contributed by atoms with E-state index in [1.54, 1.807) is 13.3 Å². The lowest BCUT2D eigenvalue weighted by Gasteiger charge is -1.94. The summed E-state index contributed by atoms with van der Waals surface area (Å²) in [6.07, 6.45) is 7.67. The highest BCUT2D eigenvalue weighted by Crippen LogP contribution is 2.20. The molecule has 0 amide bonds. The van der Waals surface area contributed by atoms with Crippen molar-refractivity contribution in [1.82, 2.24) is 4.98 Å². The molecule has 1 heterocycles. The smallest absolute Gasteiger partial charge is 0.147 e. The van der Waals surface area contributed by atoms with Crippen LogP contribution in [0.4, 0.5) is 0 Å². The highest BCUT2D eigenvalue weighted by molar-refractivity contribution is 7.82. The van der Waals surface area contributed by atoms with Gasteiger partial charge in [-0.1, -0.05) is 12.2 Å². The van der Waals surface area contributed by atoms with E-state index < -0.39 is 0 Å². The fourth-order valence-electron chi connectivity index (χ4n) is 0.958. The van der Waals surface area contributed by atoms with E-state index in [0.717, 1.165) is 15.6 Å². The molecular formula is C10H12N2S2. The first kappa shape index (κ1) is 11.2. The molecule has 1 aromatic rings. The predicted octanol–water partition coefficient (Wildman–Crippen LogP) is 3.09. The first-order valence-electron chi connectivity index (χ1n) is 4.18. The Labute approximate surface area is 93.5 Å². The zero-order valence-corrected chi connectivity index (χ0v) is 9.85. The number of nitrogens with zero attached hydrogens (tertiary/aromatic N) is 2. The molecule has 0 aliphatic carbocycles. The number of aliphatic imine (C=N–C) groups is 1. The van der Waals surface area contributed by atoms with Crippen LogP contribution in [0.1, 0.15) is 12.6 Å². The minimum Gasteiger partial charge on any atom is -0.296 e. The number of hydrogen-bond acceptors (Lipinski definition) is 4. The molecule has 4 heteroatoms. The largest absolute Gasteiger partial charge is 0.296 e. The molecule has 0 fully saturated rings. The Morgan fingerprint density at radius 1 is 1.64 bits per heavy atom. The maximum atomic E-state index is 4.28. The van der Waals surface area contributed by atoms with Crippen LogP contribution in [0.3, 0.4) is 0 Å². The number of thiazole rings is 1. The lowest BCUT2D eigenvalue weighted by molar-refractivity contribution is 1.23. The highest BCUT2D eigenvalue weighted by atomic mass is 32.2. The molecule has 0 atom stereocenters. The lowest BCUT2D eigenvalue weighted by atomic mass is 10.2. The van der Waals surface area contributed by atoms with Crippen molar-refractivity contribution in [1.29, 1.82) is 0 Å². The highest BCUT2D eigenvalue weighted by Gasteiger charge is 2.01. The van der Waals surface area contributed by atoms with Gasteiger partial charge in [0.15, 0.2) is 0 Å². The zero-order valence-electron chi connectivity index (χ0n) is 8.14. The third-order valence-corrected chi connectivity index (χ3v) is 2.60. The maximum absolute atomic E-state index is 4.28. The van der Waals surface area contributed by atoms with Gasteiger partial charge in [0, 0.05) is 24.2 Å². The second-order valence-corrected chi connectivity index (χ2v) is 4.13. The van der Waals surface area contributed by atoms with Gasteiger partial charge in [0.1, 0.15) is 4.34 Å². The molecule has 0 spiro atoms. The lowest BCUT2D eigenvalue weighted by Crippen LogP contribution is -1.81. The summed E-state index contributed by atoms with van der Waals surface area (Å²) in [4.78, 5) is 8.20. The van der Waals surface area contributed by atoms with Crippen LogP contribution in [-0.2, 0) is 0 Å². The van der Waals surface area contributed by atoms with E-state index in [9.17, 15) is 0 Å². The van der Waals surface area contributed by atoms with Crippen molar-refractivity contribution in [3.05, 3.63) is 29.3 Å². The fraction of sp³-hybridized carbons (Fsp3) is 0.200. The van der Waals surface area contributed by atoms with Crippen LogP contribution >= 0.6 is 24.0 Å². The monoisotopic (exact) mass is 224 g/mol. The van der Waals surface area contributed by atoms with Crippen LogP contribution in [0.2, 0.25) is 0 Å². The van der Waals surface area contributed by atoms with Crippen molar-refractivity contribution in [2.24, 2.45) is 4.99 Å². The molecule has 1 aromatic heterocycles. The van der Waals surface area contributed by atoms with Crippen LogP contribution in [0, 0.1) is 0 Å². The fourth-order valence-corrected chi connectivity index (χ4v) is 1.78. The summed E-state index contributed by atoms with van der Waals surface area (Å²) < 4.78 is 0.781. The van der Waals surface area contributed by atoms with E-state index in [0.29, 0.717) is 0 Å². The Hall–Kier alpha value is -0.870. The standard InChI is InChI=1S/C10H12N2S2/c1-3-4-8(5-6-11-2)9-7-14-10(13)12-9/h3-7H,1-2H3,(H,12,13)/b4-3-,8-5+,11-6+. The number of thiol groups is 1. The molecule has 1 rings (SSSR count). The third-order valence-electron chi connectivity index (χ3n) is 1.54. The number of allylic oxidation sites excluding steroid dienone is 4. The van der Waals surface area contributed by atoms with Gasteiger partial charge in [0.05, 0.1) is 5.69 Å². The Morgan fingerprint density at radius 3 is 2.93 bits per heavy atom. The molecule has 0 saturated heterocycles. The number of aromatic nitrogens is 1. The predicted molar refractivity (Wildman–Crippen MR) is 66.6 cm³/mol. The number of rotatable bonds is 3. The summed E-state index contributed by atoms with van der Waals surface area (Å²) in [6, 6.07) is 0. The Kier molecular flexibility index (Phi) is 4.62. The summed E-state index contributed by atoms with van der Waals surface area (Å²) in [5.74, 6) is 0. The van der Waals surface area contributed by atoms with E-state index >= 15 is 0 Å². The van der Waals surface area contributed by atoms with Crippen LogP contribution in [0.5, 0.6) is 0 Å². The van der Waals surface area contributed by atoms with Crippen molar-refractivity contribution in [3.8, 4) is 0 Å². The van der Waals surface area contributed by atoms with Crippen molar-refractivity contribution >= 4 is 35.8 Å². The van der Waals surface area contributed by atoms with Gasteiger partial charge in [-0.05, 0) is 13.0 Å². The molecular weight excluding hydrogens is 212 g/mol. The molecule has 0 bridgehead atoms. The van der Waals surface area contributed by atoms with Gasteiger partial charge in [0.2, 0.25) is 0 Å². The molecule has 0 aliphatic heterocycles. The molecule has 14 heavy (non-hydrogen) atoms. The van der Waals surface area contributed by atoms with Gasteiger partial charge in [-0.3, -0.25) is 4.99 Å². The Morgan fingerprint density at radius 2 is 2.43 bits per heavy atom. The van der Waals surface area contributed by atoms with E-state index in [-0.39, 0.29) is 0 Å². The first-order valence-corrected chi connectivity index (χ1v) is 5.50. The molecule has 0 N–H and O–H groups in total. The van der Waals surface area contributed by atoms with Crippen molar-refractivity contribution < 1.29 is 0 Å². The molecule has 2 nitrogen and oxygen atoms in total. The SMILES string of the molecule is C\C=C/C(=C\C=N\C)c1csc(S)n1. The minimum absolute atomic E-state index is 0.781. The topological polar surface area (TPSA) is 25.2 Å². The van der Waals surface area contributed by atoms with Gasteiger partial charge in [-0.15, -0.1) is 24.0 Å². The second kappa shape index (κ2) is 5.78. The van der Waals surface area contributed by atoms with Crippen molar-refractivity contribution in [2.75, 3.05) is 7.05 Å². The van der Waals surface area contributed by atoms with E-state index in [1.807, 2.05) is 30.5 Å². The average molecular weight is 224 g/mol. The second-order valence-electron chi connectivity index (χ2n) is 2.54. The summed E-state index contributed by atoms with van der Waals surface area (Å²) in [7, 11) is 1.74. The molecule has 0 radical (unpaired) electrons. The first-order chi connectivity index (χ1) is 6.77. The van der Waals surface area contributed by atoms with Crippen LogP contribution in [-0.4, -0.2) is 18.2 Å². The molecule has 0 aromatic carbocycles. The Bertz CT molecular complexity index is 375. The summed E-state index contributed by atoms with van der Waals surface area (Å²) in [6.45, 7) is 1.98. The van der Waals surface area contributed by atoms with Crippen LogP contribution < -0.4 is 0 Å². The molecule has 0 unspecified atom stereocenters. The van der Waals surface area contributed by atoms with Gasteiger partial charge in [-0.2, -0.15) is 0 Å². The van der Waals surface area contributed by atoms with Crippen LogP contribution in [0.15, 0.2) is 32.9 Å². The molecule has 0 aliphatic rings. The molecule has 0 saturated carbocycles. The third kappa shape index (κ3) is 3.12. The van der Waals surface area contributed by atoms with Gasteiger partial charge in [-0.25, -0.2) is 4.98 Å². The molecule has 74 valence electrons. The van der Waals surface area contributed by atoms with Gasteiger partial charge < -0.3 is 0 Å². The summed E-state index contributed by atoms with van der Waals surface area (Å²) >= 11 is 5.71. The van der Waals surface area contributed by atoms with Gasteiger partial charge in [0.25, 0.3) is 0 Å². The van der Waals surface area contributed by atoms with Crippen molar-refractivity contribution in [2.45, 2.75) is 11.3 Å². The van der Waals surface area contributed by atoms with Crippen molar-refractivity contribution in [3.63, 3.8) is 0 Å². The Balaban J connectivity index is 2.99. The average Bonchev–Trinajstić information content (AvgIpc) is 2.59. The van der Waals surface area contributed by atoms with E-state index in [2.05, 4.69) is 22.6 Å². The zero-order chi connectivity index (χ0) is 10.4. The number of hydrogen-bond donors (Lipinski definition) is 1. The maximum Gasteiger partial charge on any atom is 0.147 e. The van der Waals surface area contributed by atoms with Crippen LogP contribution in [0.25, 0.3) is 5.57 Å². The summed E-state index contributed by atoms with van der Waals surface area (Å²) in [5, 5.41) is 1.98.